The van der Waals surface area contributed by atoms with Crippen LogP contribution < -0.4 is 0 Å². The van der Waals surface area contributed by atoms with Crippen LogP contribution in [-0.2, 0) is 0 Å². The van der Waals surface area contributed by atoms with E-state index < -0.39 is 59.5 Å². The highest BCUT2D eigenvalue weighted by atomic mass is 19.4. The Balaban J connectivity index is 6.34. The maximum atomic E-state index is 13.6. The normalized spacial score (nSPS) is 14.6. The van der Waals surface area contributed by atoms with E-state index in [2.05, 4.69) is 26.3 Å². The summed E-state index contributed by atoms with van der Waals surface area (Å²) >= 11 is 0. The molecule has 162 valence electrons. The molecule has 0 N–H and O–H groups in total. The fourth-order valence-electron chi connectivity index (χ4n) is 1.79. The monoisotopic (exact) mass is 434 g/mol. The largest absolute Gasteiger partial charge is 0.384 e. The molecule has 0 saturated carbocycles. The summed E-state index contributed by atoms with van der Waals surface area (Å²) in [5.41, 5.74) is -2.05. The summed E-state index contributed by atoms with van der Waals surface area (Å²) in [6.45, 7) is 11.0. The van der Waals surface area contributed by atoms with E-state index in [0.717, 1.165) is 0 Å². The Labute approximate surface area is 151 Å². The van der Waals surface area contributed by atoms with Gasteiger partial charge in [-0.3, -0.25) is 0 Å². The van der Waals surface area contributed by atoms with Crippen LogP contribution in [0.3, 0.4) is 0 Å². The second kappa shape index (κ2) is 7.51. The Morgan fingerprint density at radius 1 is 0.500 bits per heavy atom. The van der Waals surface area contributed by atoms with E-state index in [0.29, 0.717) is 12.2 Å². The van der Waals surface area contributed by atoms with Crippen LogP contribution >= 0.6 is 0 Å². The number of rotatable bonds is 11. The minimum atomic E-state index is -7.59. The second-order valence-electron chi connectivity index (χ2n) is 5.78. The van der Waals surface area contributed by atoms with Gasteiger partial charge in [0.25, 0.3) is 0 Å². The number of halogens is 12. The van der Waals surface area contributed by atoms with Gasteiger partial charge in [-0.15, -0.1) is 0 Å². The van der Waals surface area contributed by atoms with Gasteiger partial charge in [0.1, 0.15) is 0 Å². The zero-order valence-electron chi connectivity index (χ0n) is 13.9. The highest BCUT2D eigenvalue weighted by molar-refractivity contribution is 5.20. The maximum Gasteiger partial charge on any atom is 0.384 e. The molecule has 0 saturated heterocycles. The van der Waals surface area contributed by atoms with Gasteiger partial charge < -0.3 is 0 Å². The SMILES string of the molecule is C=CC(=C)CC(F)(F)C(F)(F)C(F)(F)C(F)(F)C(F)(F)C(F)(F)CC(=C)C=C. The summed E-state index contributed by atoms with van der Waals surface area (Å²) in [5.74, 6) is -41.6. The van der Waals surface area contributed by atoms with Crippen LogP contribution in [0.2, 0.25) is 0 Å². The predicted octanol–water partition coefficient (Wildman–Crippen LogP) is 7.06. The predicted molar refractivity (Wildman–Crippen MR) is 77.6 cm³/mol. The summed E-state index contributed by atoms with van der Waals surface area (Å²) < 4.78 is 162. The molecule has 12 heteroatoms. The molecule has 0 amide bonds. The average molecular weight is 434 g/mol. The average Bonchev–Trinajstić information content (AvgIpc) is 2.52. The molecule has 0 aromatic carbocycles. The van der Waals surface area contributed by atoms with Crippen molar-refractivity contribution < 1.29 is 52.7 Å². The lowest BCUT2D eigenvalue weighted by Gasteiger charge is -2.41. The van der Waals surface area contributed by atoms with Gasteiger partial charge in [-0.25, -0.2) is 0 Å². The van der Waals surface area contributed by atoms with E-state index in [1.807, 2.05) is 0 Å². The van der Waals surface area contributed by atoms with E-state index in [-0.39, 0.29) is 0 Å². The Bertz CT molecular complexity index is 586. The van der Waals surface area contributed by atoms with Crippen LogP contribution in [0.1, 0.15) is 12.8 Å². The molecule has 0 heterocycles. The molecule has 0 aliphatic rings. The fourth-order valence-corrected chi connectivity index (χ4v) is 1.79. The van der Waals surface area contributed by atoms with Gasteiger partial charge >= 0.3 is 35.5 Å². The van der Waals surface area contributed by atoms with Crippen molar-refractivity contribution in [2.45, 2.75) is 48.4 Å². The van der Waals surface area contributed by atoms with Gasteiger partial charge in [-0.1, -0.05) is 38.5 Å². The third-order valence-electron chi connectivity index (χ3n) is 3.58. The first-order chi connectivity index (χ1) is 12.2. The van der Waals surface area contributed by atoms with Gasteiger partial charge in [-0.2, -0.15) is 52.7 Å². The van der Waals surface area contributed by atoms with E-state index in [1.54, 1.807) is 0 Å². The third-order valence-corrected chi connectivity index (χ3v) is 3.58. The molecule has 0 fully saturated rings. The number of hydrogen-bond donors (Lipinski definition) is 0. The van der Waals surface area contributed by atoms with Crippen LogP contribution in [-0.4, -0.2) is 35.5 Å². The molecule has 0 radical (unpaired) electrons. The Morgan fingerprint density at radius 3 is 0.893 bits per heavy atom. The smallest absolute Gasteiger partial charge is 0.199 e. The van der Waals surface area contributed by atoms with Crippen LogP contribution in [0, 0.1) is 0 Å². The summed E-state index contributed by atoms with van der Waals surface area (Å²) in [6, 6.07) is 0. The van der Waals surface area contributed by atoms with Gasteiger partial charge in [0.15, 0.2) is 0 Å². The van der Waals surface area contributed by atoms with Crippen molar-refractivity contribution >= 4 is 0 Å². The van der Waals surface area contributed by atoms with E-state index in [1.165, 1.54) is 0 Å². The Kier molecular flexibility index (Phi) is 7.00. The number of allylic oxidation sites excluding steroid dienone is 4. The topological polar surface area (TPSA) is 0 Å². The third kappa shape index (κ3) is 3.95. The van der Waals surface area contributed by atoms with Crippen molar-refractivity contribution in [2.24, 2.45) is 0 Å². The van der Waals surface area contributed by atoms with Crippen molar-refractivity contribution in [3.05, 3.63) is 49.6 Å². The molecule has 0 unspecified atom stereocenters. The van der Waals surface area contributed by atoms with E-state index >= 15 is 0 Å². The minimum absolute atomic E-state index is 0.393. The van der Waals surface area contributed by atoms with E-state index in [4.69, 9.17) is 0 Å². The molecule has 0 aromatic heterocycles. The van der Waals surface area contributed by atoms with Crippen LogP contribution in [0.25, 0.3) is 0 Å². The van der Waals surface area contributed by atoms with Crippen molar-refractivity contribution in [1.29, 1.82) is 0 Å². The molecule has 0 aromatic rings. The Hall–Kier alpha value is -1.88. The minimum Gasteiger partial charge on any atom is -0.199 e. The van der Waals surface area contributed by atoms with E-state index in [9.17, 15) is 52.7 Å². The summed E-state index contributed by atoms with van der Waals surface area (Å²) in [4.78, 5) is 0. The molecular formula is C16H14F12. The zero-order valence-corrected chi connectivity index (χ0v) is 13.9. The molecule has 0 rings (SSSR count). The quantitative estimate of drug-likeness (QED) is 0.241. The molecule has 0 bridgehead atoms. The number of alkyl halides is 12. The maximum absolute atomic E-state index is 13.6. The van der Waals surface area contributed by atoms with Crippen LogP contribution in [0.4, 0.5) is 52.7 Å². The molecule has 28 heavy (non-hydrogen) atoms. The first-order valence-electron chi connectivity index (χ1n) is 7.03. The lowest BCUT2D eigenvalue weighted by atomic mass is 9.88. The highest BCUT2D eigenvalue weighted by Gasteiger charge is 2.89. The lowest BCUT2D eigenvalue weighted by molar-refractivity contribution is -0.424. The standard InChI is InChI=1S/C16H14F12/c1-5-9(3)7-11(17,18)13(21,22)15(25,26)16(27,28)14(23,24)12(19,20)8-10(4)6-2/h5-6H,1-4,7-8H2. The van der Waals surface area contributed by atoms with Gasteiger partial charge in [0.05, 0.1) is 0 Å². The highest BCUT2D eigenvalue weighted by Crippen LogP contribution is 2.61. The summed E-state index contributed by atoms with van der Waals surface area (Å²) in [6.07, 6.45) is -3.96. The Morgan fingerprint density at radius 2 is 0.714 bits per heavy atom. The van der Waals surface area contributed by atoms with Gasteiger partial charge in [0, 0.05) is 12.8 Å². The molecule has 0 aliphatic heterocycles. The van der Waals surface area contributed by atoms with Crippen molar-refractivity contribution in [3.8, 4) is 0 Å². The fraction of sp³-hybridized carbons (Fsp3) is 0.500. The molecule has 0 nitrogen and oxygen atoms in total. The number of hydrogen-bond acceptors (Lipinski definition) is 0. The van der Waals surface area contributed by atoms with Crippen molar-refractivity contribution in [1.82, 2.24) is 0 Å². The summed E-state index contributed by atoms with van der Waals surface area (Å²) in [7, 11) is 0. The molecular weight excluding hydrogens is 420 g/mol. The molecule has 0 atom stereocenters. The zero-order chi connectivity index (χ0) is 23.0. The second-order valence-corrected chi connectivity index (χ2v) is 5.78. The molecule has 0 aliphatic carbocycles. The van der Waals surface area contributed by atoms with Crippen LogP contribution in [0.5, 0.6) is 0 Å². The van der Waals surface area contributed by atoms with Crippen molar-refractivity contribution in [3.63, 3.8) is 0 Å². The van der Waals surface area contributed by atoms with Crippen molar-refractivity contribution in [2.75, 3.05) is 0 Å². The molecule has 0 spiro atoms. The van der Waals surface area contributed by atoms with Crippen LogP contribution in [0.15, 0.2) is 49.6 Å². The van der Waals surface area contributed by atoms with Gasteiger partial charge in [0.2, 0.25) is 0 Å². The van der Waals surface area contributed by atoms with Gasteiger partial charge in [-0.05, 0) is 11.1 Å². The first kappa shape index (κ1) is 26.1. The lowest BCUT2D eigenvalue weighted by Crippen LogP contribution is -2.70. The first-order valence-corrected chi connectivity index (χ1v) is 7.03. The summed E-state index contributed by atoms with van der Waals surface area (Å²) in [5, 5.41) is 0.